The van der Waals surface area contributed by atoms with Crippen molar-refractivity contribution in [3.8, 4) is 5.75 Å². The Morgan fingerprint density at radius 2 is 1.27 bits per heavy atom. The predicted octanol–water partition coefficient (Wildman–Crippen LogP) is -5.31. The van der Waals surface area contributed by atoms with Crippen molar-refractivity contribution in [2.24, 2.45) is 39.4 Å². The molecule has 31 heteroatoms. The topological polar surface area (TPSA) is 501 Å². The molecule has 0 aromatic heterocycles. The molecule has 79 heavy (non-hydrogen) atoms. The summed E-state index contributed by atoms with van der Waals surface area (Å²) in [6.45, 7) is 0.641. The van der Waals surface area contributed by atoms with Crippen LogP contribution in [0.25, 0.3) is 0 Å². The largest absolute Gasteiger partial charge is 0.508 e. The second kappa shape index (κ2) is 33.2. The Hall–Kier alpha value is -8.19. The van der Waals surface area contributed by atoms with Crippen LogP contribution >= 0.6 is 21.6 Å². The number of hydrogen-bond donors (Lipinski definition) is 15. The number of likely N-dealkylation sites (tertiary alicyclic amines) is 1. The fourth-order valence-electron chi connectivity index (χ4n) is 7.80. The fraction of sp³-hybridized carbons (Fsp3) is 0.479. The van der Waals surface area contributed by atoms with Crippen LogP contribution in [0.15, 0.2) is 59.6 Å². The Kier molecular flexibility index (Phi) is 27.3. The van der Waals surface area contributed by atoms with E-state index in [1.807, 2.05) is 0 Å². The first-order valence-corrected chi connectivity index (χ1v) is 27.2. The van der Waals surface area contributed by atoms with Gasteiger partial charge < -0.3 is 86.7 Å². The van der Waals surface area contributed by atoms with Crippen LogP contribution in [0.2, 0.25) is 0 Å². The van der Waals surface area contributed by atoms with E-state index in [1.54, 1.807) is 30.3 Å². The monoisotopic (exact) mass is 1140 g/mol. The molecule has 432 valence electrons. The van der Waals surface area contributed by atoms with Gasteiger partial charge in [0.2, 0.25) is 65.0 Å². The molecule has 11 amide bonds. The lowest BCUT2D eigenvalue weighted by molar-refractivity contribution is -0.142. The highest BCUT2D eigenvalue weighted by Crippen LogP contribution is 2.26. The minimum absolute atomic E-state index is 0.00106. The van der Waals surface area contributed by atoms with Gasteiger partial charge in [0.15, 0.2) is 5.96 Å². The Balaban J connectivity index is 0.00000396. The zero-order valence-electron chi connectivity index (χ0n) is 43.2. The molecule has 2 aliphatic heterocycles. The number of nitrogens with one attached hydrogen (secondary N) is 7. The number of carboxylic acids is 1. The molecule has 8 atom stereocenters. The van der Waals surface area contributed by atoms with Crippen LogP contribution in [0.4, 0.5) is 0 Å². The van der Waals surface area contributed by atoms with Crippen LogP contribution in [-0.4, -0.2) is 171 Å². The summed E-state index contributed by atoms with van der Waals surface area (Å²) >= 11 is 0. The van der Waals surface area contributed by atoms with E-state index in [-0.39, 0.29) is 68.4 Å². The first kappa shape index (κ1) is 65.1. The zero-order valence-corrected chi connectivity index (χ0v) is 44.8. The molecule has 2 aromatic carbocycles. The van der Waals surface area contributed by atoms with Crippen molar-refractivity contribution in [2.75, 3.05) is 31.1 Å². The van der Waals surface area contributed by atoms with Gasteiger partial charge in [-0.25, -0.2) is 0 Å². The minimum Gasteiger partial charge on any atom is -0.508 e. The van der Waals surface area contributed by atoms with Gasteiger partial charge in [-0.15, -0.1) is 0 Å². The number of benzene rings is 2. The van der Waals surface area contributed by atoms with E-state index in [0.717, 1.165) is 28.5 Å². The molecule has 29 nitrogen and oxygen atoms in total. The second-order valence-corrected chi connectivity index (χ2v) is 20.7. The van der Waals surface area contributed by atoms with E-state index in [9.17, 15) is 57.8 Å². The number of nitrogens with zero attached hydrogens (tertiary/aromatic N) is 2. The predicted molar refractivity (Wildman–Crippen MR) is 289 cm³/mol. The van der Waals surface area contributed by atoms with Crippen molar-refractivity contribution in [1.82, 2.24) is 42.1 Å². The van der Waals surface area contributed by atoms with Crippen LogP contribution in [0.5, 0.6) is 5.75 Å². The molecule has 2 aliphatic rings. The standard InChI is InChI=1S/C46H65N15O12S2.C2H4O2/c47-27-22-74-75-23-33(45(73)61-17-5-9-34(61)44(72)56-28(8-4-16-53-46(51)52)39(67)54-21-37(50)65)60-43(71)32(20-36(49)64)59-40(68)29(14-15-35(48)63)55-41(69)31(18-24-6-2-1-3-7-24)58-42(70)30(57-38(27)66)19-25-10-12-26(62)13-11-25;1-2(3)4/h1-3,6-7,10-13,27-34,62H,4-5,8-9,14-23,47H2,(H2,48,63)(H2,49,64)(H2,50,65)(H,54,67)(H,55,69)(H,56,72)(H,57,66)(H,58,70)(H,59,68)(H,60,71)(H4,51,52,53);1H3,(H,3,4). The molecule has 0 radical (unpaired) electrons. The van der Waals surface area contributed by atoms with E-state index in [1.165, 1.54) is 29.2 Å². The molecule has 0 bridgehead atoms. The van der Waals surface area contributed by atoms with Gasteiger partial charge in [0.25, 0.3) is 5.97 Å². The van der Waals surface area contributed by atoms with Crippen molar-refractivity contribution in [3.63, 3.8) is 0 Å². The number of rotatable bonds is 19. The number of amides is 11. The molecule has 2 heterocycles. The van der Waals surface area contributed by atoms with Crippen molar-refractivity contribution in [3.05, 3.63) is 65.7 Å². The molecular formula is C48H69N15O14S2. The van der Waals surface area contributed by atoms with Gasteiger partial charge in [0.1, 0.15) is 48.0 Å². The van der Waals surface area contributed by atoms with Gasteiger partial charge in [-0.2, -0.15) is 0 Å². The highest BCUT2D eigenvalue weighted by Gasteiger charge is 2.40. The van der Waals surface area contributed by atoms with Crippen molar-refractivity contribution in [1.29, 1.82) is 0 Å². The third-order valence-electron chi connectivity index (χ3n) is 11.6. The number of phenols is 1. The summed E-state index contributed by atoms with van der Waals surface area (Å²) in [5.74, 6) is -11.4. The first-order valence-electron chi connectivity index (χ1n) is 24.7. The molecule has 2 fully saturated rings. The van der Waals surface area contributed by atoms with Crippen molar-refractivity contribution < 1.29 is 67.7 Å². The zero-order chi connectivity index (χ0) is 58.8. The minimum atomic E-state index is -1.80. The van der Waals surface area contributed by atoms with Gasteiger partial charge in [-0.05, 0) is 55.4 Å². The maximum atomic E-state index is 14.6. The smallest absolute Gasteiger partial charge is 0.300 e. The molecular weight excluding hydrogens is 1070 g/mol. The summed E-state index contributed by atoms with van der Waals surface area (Å²) in [7, 11) is 1.99. The lowest BCUT2D eigenvalue weighted by Gasteiger charge is -2.31. The lowest BCUT2D eigenvalue weighted by Crippen LogP contribution is -2.61. The highest BCUT2D eigenvalue weighted by atomic mass is 33.1. The van der Waals surface area contributed by atoms with E-state index in [4.69, 9.17) is 44.3 Å². The number of aliphatic imine (C=N–C) groups is 1. The number of hydrogen-bond acceptors (Lipinski definition) is 17. The van der Waals surface area contributed by atoms with Crippen LogP contribution in [0.1, 0.15) is 63.0 Å². The van der Waals surface area contributed by atoms with Crippen molar-refractivity contribution in [2.45, 2.75) is 113 Å². The molecule has 8 unspecified atom stereocenters. The van der Waals surface area contributed by atoms with Crippen LogP contribution < -0.4 is 71.6 Å². The summed E-state index contributed by atoms with van der Waals surface area (Å²) in [6, 6.07) is 2.80. The second-order valence-electron chi connectivity index (χ2n) is 18.1. The van der Waals surface area contributed by atoms with Gasteiger partial charge in [-0.3, -0.25) is 62.5 Å². The van der Waals surface area contributed by atoms with Crippen LogP contribution in [0, 0.1) is 0 Å². The summed E-state index contributed by atoms with van der Waals surface area (Å²) in [6.07, 6.45) is -1.38. The average molecular weight is 1140 g/mol. The number of carbonyl (C=O) groups is 12. The van der Waals surface area contributed by atoms with Gasteiger partial charge >= 0.3 is 0 Å². The number of nitrogens with two attached hydrogens (primary N) is 6. The third kappa shape index (κ3) is 23.9. The van der Waals surface area contributed by atoms with Crippen LogP contribution in [-0.2, 0) is 70.4 Å². The summed E-state index contributed by atoms with van der Waals surface area (Å²) in [4.78, 5) is 162. The highest BCUT2D eigenvalue weighted by molar-refractivity contribution is 8.76. The number of carboxylic acid groups (broad SMARTS) is 1. The molecule has 0 saturated carbocycles. The quantitative estimate of drug-likeness (QED) is 0.0270. The van der Waals surface area contributed by atoms with Crippen molar-refractivity contribution >= 4 is 98.5 Å². The van der Waals surface area contributed by atoms with Gasteiger partial charge in [-0.1, -0.05) is 64.1 Å². The average Bonchev–Trinajstić information content (AvgIpc) is 3.92. The summed E-state index contributed by atoms with van der Waals surface area (Å²) < 4.78 is 0. The normalized spacial score (nSPS) is 21.8. The fourth-order valence-corrected chi connectivity index (χ4v) is 10.1. The molecule has 2 aromatic rings. The van der Waals surface area contributed by atoms with Crippen LogP contribution in [0.3, 0.4) is 0 Å². The third-order valence-corrected chi connectivity index (χ3v) is 14.1. The number of guanidine groups is 1. The number of primary amides is 3. The number of carbonyl (C=O) groups excluding carboxylic acids is 11. The molecule has 21 N–H and O–H groups in total. The van der Waals surface area contributed by atoms with E-state index in [0.29, 0.717) is 17.5 Å². The number of phenolic OH excluding ortho intramolecular Hbond substituents is 1. The summed E-state index contributed by atoms with van der Waals surface area (Å²) in [5, 5.41) is 35.1. The first-order chi connectivity index (χ1) is 37.3. The maximum absolute atomic E-state index is 14.6. The number of aliphatic carboxylic acids is 1. The molecule has 0 spiro atoms. The Morgan fingerprint density at radius 3 is 1.85 bits per heavy atom. The Bertz CT molecular complexity index is 2520. The SMILES string of the molecule is CC(=O)O.NC(=O)CCC1NC(=O)C(Cc2ccccc2)NC(=O)C(Cc2ccc(O)cc2)NC(=O)C(N)CSSCC(C(=O)N2CCCC2C(=O)NC(CCCN=C(N)N)C(=O)NCC(N)=O)NC(=O)C(CC(N)=O)NC1=O. The Labute approximate surface area is 461 Å². The molecule has 0 aliphatic carbocycles. The van der Waals surface area contributed by atoms with E-state index >= 15 is 0 Å². The molecule has 2 saturated heterocycles. The maximum Gasteiger partial charge on any atom is 0.300 e. The van der Waals surface area contributed by atoms with E-state index in [2.05, 4.69) is 42.2 Å². The van der Waals surface area contributed by atoms with E-state index < -0.39 is 145 Å². The van der Waals surface area contributed by atoms with Gasteiger partial charge in [0.05, 0.1) is 19.0 Å². The van der Waals surface area contributed by atoms with Gasteiger partial charge in [0, 0.05) is 50.8 Å². The lowest BCUT2D eigenvalue weighted by atomic mass is 10.0. The Morgan fingerprint density at radius 1 is 0.722 bits per heavy atom. The number of aromatic hydroxyl groups is 1. The summed E-state index contributed by atoms with van der Waals surface area (Å²) in [5.41, 5.74) is 34.4. The molecule has 4 rings (SSSR count).